The molecule has 1 aromatic carbocycles. The number of hydrogen-bond donors (Lipinski definition) is 3. The molecule has 134 valence electrons. The van der Waals surface area contributed by atoms with Crippen LogP contribution in [-0.2, 0) is 11.3 Å². The molecular weight excluding hydrogens is 351 g/mol. The van der Waals surface area contributed by atoms with Gasteiger partial charge in [-0.25, -0.2) is 9.78 Å². The minimum absolute atomic E-state index is 0.0296. The second kappa shape index (κ2) is 9.31. The van der Waals surface area contributed by atoms with Crippen LogP contribution in [0.4, 0.5) is 9.18 Å². The molecule has 0 saturated carbocycles. The van der Waals surface area contributed by atoms with E-state index in [1.807, 2.05) is 30.3 Å². The summed E-state index contributed by atoms with van der Waals surface area (Å²) in [6.45, 7) is 0.195. The van der Waals surface area contributed by atoms with Crippen molar-refractivity contribution in [1.82, 2.24) is 10.3 Å². The van der Waals surface area contributed by atoms with Gasteiger partial charge < -0.3 is 20.3 Å². The summed E-state index contributed by atoms with van der Waals surface area (Å²) in [5, 5.41) is 22.5. The van der Waals surface area contributed by atoms with Crippen molar-refractivity contribution in [3.05, 3.63) is 64.7 Å². The van der Waals surface area contributed by atoms with Gasteiger partial charge in [0.1, 0.15) is 12.7 Å². The Balaban J connectivity index is 1.75. The van der Waals surface area contributed by atoms with E-state index in [1.165, 1.54) is 0 Å². The average molecular weight is 369 g/mol. The SMILES string of the molecule is O=C(NCCC(O)C(O)c1cc(F)ncc1Cl)OCc1ccccc1. The highest BCUT2D eigenvalue weighted by Gasteiger charge is 2.21. The average Bonchev–Trinajstić information content (AvgIpc) is 2.62. The molecule has 2 aromatic rings. The number of carbonyl (C=O) groups excluding carboxylic acids is 1. The first-order chi connectivity index (χ1) is 12.0. The predicted molar refractivity (Wildman–Crippen MR) is 89.4 cm³/mol. The normalized spacial score (nSPS) is 13.1. The lowest BCUT2D eigenvalue weighted by Crippen LogP contribution is -2.30. The number of nitrogens with zero attached hydrogens (tertiary/aromatic N) is 1. The number of aliphatic hydroxyl groups is 2. The molecule has 0 aliphatic carbocycles. The Bertz CT molecular complexity index is 702. The minimum atomic E-state index is -1.40. The summed E-state index contributed by atoms with van der Waals surface area (Å²) >= 11 is 5.83. The summed E-state index contributed by atoms with van der Waals surface area (Å²) in [6, 6.07) is 10.1. The first-order valence-corrected chi connectivity index (χ1v) is 7.97. The highest BCUT2D eigenvalue weighted by atomic mass is 35.5. The number of halogens is 2. The Labute approximate surface area is 149 Å². The Hall–Kier alpha value is -2.22. The fourth-order valence-electron chi connectivity index (χ4n) is 2.12. The number of alkyl carbamates (subject to hydrolysis) is 1. The van der Waals surface area contributed by atoms with Gasteiger partial charge in [0.2, 0.25) is 5.95 Å². The van der Waals surface area contributed by atoms with Gasteiger partial charge in [0.15, 0.2) is 0 Å². The van der Waals surface area contributed by atoms with Crippen molar-refractivity contribution < 1.29 is 24.1 Å². The second-order valence-corrected chi connectivity index (χ2v) is 5.73. The van der Waals surface area contributed by atoms with Gasteiger partial charge in [0.05, 0.1) is 11.1 Å². The summed E-state index contributed by atoms with van der Waals surface area (Å²) < 4.78 is 18.1. The van der Waals surface area contributed by atoms with Gasteiger partial charge in [0.25, 0.3) is 0 Å². The van der Waals surface area contributed by atoms with Crippen LogP contribution in [0.1, 0.15) is 23.7 Å². The zero-order chi connectivity index (χ0) is 18.2. The number of hydrogen-bond acceptors (Lipinski definition) is 5. The first kappa shape index (κ1) is 19.1. The molecule has 3 N–H and O–H groups in total. The molecule has 0 aliphatic heterocycles. The molecule has 6 nitrogen and oxygen atoms in total. The molecule has 0 spiro atoms. The third-order valence-electron chi connectivity index (χ3n) is 3.46. The van der Waals surface area contributed by atoms with E-state index in [9.17, 15) is 19.4 Å². The topological polar surface area (TPSA) is 91.7 Å². The summed E-state index contributed by atoms with van der Waals surface area (Å²) in [6.07, 6.45) is -2.19. The van der Waals surface area contributed by atoms with Crippen LogP contribution in [0.25, 0.3) is 0 Å². The van der Waals surface area contributed by atoms with Crippen molar-refractivity contribution >= 4 is 17.7 Å². The lowest BCUT2D eigenvalue weighted by Gasteiger charge is -2.19. The third-order valence-corrected chi connectivity index (χ3v) is 3.77. The van der Waals surface area contributed by atoms with Crippen molar-refractivity contribution in [3.8, 4) is 0 Å². The number of ether oxygens (including phenoxy) is 1. The Morgan fingerprint density at radius 3 is 2.76 bits per heavy atom. The van der Waals surface area contributed by atoms with Gasteiger partial charge >= 0.3 is 6.09 Å². The number of aliphatic hydroxyl groups excluding tert-OH is 2. The van der Waals surface area contributed by atoms with Crippen LogP contribution >= 0.6 is 11.6 Å². The monoisotopic (exact) mass is 368 g/mol. The molecule has 0 saturated heterocycles. The van der Waals surface area contributed by atoms with Crippen molar-refractivity contribution in [2.24, 2.45) is 0 Å². The number of benzene rings is 1. The highest BCUT2D eigenvalue weighted by molar-refractivity contribution is 6.31. The highest BCUT2D eigenvalue weighted by Crippen LogP contribution is 2.26. The fraction of sp³-hybridized carbons (Fsp3) is 0.294. The smallest absolute Gasteiger partial charge is 0.407 e. The Morgan fingerprint density at radius 2 is 2.04 bits per heavy atom. The van der Waals surface area contributed by atoms with Crippen LogP contribution in [0, 0.1) is 5.95 Å². The van der Waals surface area contributed by atoms with Crippen LogP contribution < -0.4 is 5.32 Å². The van der Waals surface area contributed by atoms with E-state index in [2.05, 4.69) is 10.3 Å². The van der Waals surface area contributed by atoms with E-state index < -0.39 is 24.2 Å². The summed E-state index contributed by atoms with van der Waals surface area (Å²) in [5.41, 5.74) is 0.885. The van der Waals surface area contributed by atoms with Crippen LogP contribution in [0.5, 0.6) is 0 Å². The molecule has 1 amide bonds. The first-order valence-electron chi connectivity index (χ1n) is 7.59. The number of amides is 1. The number of pyridine rings is 1. The lowest BCUT2D eigenvalue weighted by molar-refractivity contribution is 0.0134. The summed E-state index contributed by atoms with van der Waals surface area (Å²) in [5.74, 6) is -0.812. The molecule has 2 unspecified atom stereocenters. The van der Waals surface area contributed by atoms with Gasteiger partial charge in [-0.15, -0.1) is 0 Å². The van der Waals surface area contributed by atoms with Gasteiger partial charge in [0, 0.05) is 24.4 Å². The van der Waals surface area contributed by atoms with E-state index in [0.29, 0.717) is 0 Å². The number of nitrogens with one attached hydrogen (secondary N) is 1. The molecule has 8 heteroatoms. The largest absolute Gasteiger partial charge is 0.445 e. The van der Waals surface area contributed by atoms with Crippen LogP contribution in [0.15, 0.2) is 42.6 Å². The summed E-state index contributed by atoms with van der Waals surface area (Å²) in [7, 11) is 0. The van der Waals surface area contributed by atoms with E-state index in [4.69, 9.17) is 16.3 Å². The molecule has 0 bridgehead atoms. The number of aromatic nitrogens is 1. The second-order valence-electron chi connectivity index (χ2n) is 5.32. The lowest BCUT2D eigenvalue weighted by atomic mass is 10.0. The van der Waals surface area contributed by atoms with Crippen molar-refractivity contribution in [3.63, 3.8) is 0 Å². The molecule has 0 fully saturated rings. The number of carbonyl (C=O) groups is 1. The van der Waals surface area contributed by atoms with E-state index in [-0.39, 0.29) is 30.2 Å². The van der Waals surface area contributed by atoms with Crippen LogP contribution in [0.2, 0.25) is 5.02 Å². The Morgan fingerprint density at radius 1 is 1.32 bits per heavy atom. The maximum atomic E-state index is 13.1. The molecule has 1 heterocycles. The van der Waals surface area contributed by atoms with E-state index in [1.54, 1.807) is 0 Å². The molecular formula is C17H18ClFN2O4. The van der Waals surface area contributed by atoms with Gasteiger partial charge in [-0.05, 0) is 12.0 Å². The van der Waals surface area contributed by atoms with Gasteiger partial charge in [-0.3, -0.25) is 0 Å². The maximum Gasteiger partial charge on any atom is 0.407 e. The van der Waals surface area contributed by atoms with Gasteiger partial charge in [-0.1, -0.05) is 41.9 Å². The molecule has 2 atom stereocenters. The van der Waals surface area contributed by atoms with E-state index in [0.717, 1.165) is 17.8 Å². The Kier molecular flexibility index (Phi) is 7.12. The fourth-order valence-corrected chi connectivity index (χ4v) is 2.33. The van der Waals surface area contributed by atoms with Crippen LogP contribution in [0.3, 0.4) is 0 Å². The predicted octanol–water partition coefficient (Wildman–Crippen LogP) is 2.58. The zero-order valence-electron chi connectivity index (χ0n) is 13.2. The standard InChI is InChI=1S/C17H18ClFN2O4/c18-13-9-21-15(19)8-12(13)16(23)14(22)6-7-20-17(24)25-10-11-4-2-1-3-5-11/h1-5,8-9,14,16,22-23H,6-7,10H2,(H,20,24). The van der Waals surface area contributed by atoms with Crippen molar-refractivity contribution in [1.29, 1.82) is 0 Å². The minimum Gasteiger partial charge on any atom is -0.445 e. The maximum absolute atomic E-state index is 13.1. The third kappa shape index (κ3) is 5.97. The zero-order valence-corrected chi connectivity index (χ0v) is 14.0. The molecule has 25 heavy (non-hydrogen) atoms. The van der Waals surface area contributed by atoms with Gasteiger partial charge in [-0.2, -0.15) is 4.39 Å². The molecule has 1 aromatic heterocycles. The molecule has 2 rings (SSSR count). The van der Waals surface area contributed by atoms with E-state index >= 15 is 0 Å². The van der Waals surface area contributed by atoms with Crippen molar-refractivity contribution in [2.45, 2.75) is 25.2 Å². The summed E-state index contributed by atoms with van der Waals surface area (Å²) in [4.78, 5) is 14.9. The molecule has 0 radical (unpaired) electrons. The van der Waals surface area contributed by atoms with Crippen LogP contribution in [-0.4, -0.2) is 33.9 Å². The number of rotatable bonds is 7. The molecule has 0 aliphatic rings. The quantitative estimate of drug-likeness (QED) is 0.653. The van der Waals surface area contributed by atoms with Crippen molar-refractivity contribution in [2.75, 3.05) is 6.54 Å².